The average Bonchev–Trinajstić information content (AvgIpc) is 3.69. The lowest BCUT2D eigenvalue weighted by molar-refractivity contribution is -0.161. The summed E-state index contributed by atoms with van der Waals surface area (Å²) in [5.74, 6) is 1.98. The van der Waals surface area contributed by atoms with E-state index in [4.69, 9.17) is 33.7 Å². The van der Waals surface area contributed by atoms with Crippen LogP contribution in [0, 0.1) is 20.8 Å². The van der Waals surface area contributed by atoms with E-state index < -0.39 is 51.1 Å². The summed E-state index contributed by atoms with van der Waals surface area (Å²) in [4.78, 5) is 46.2. The highest BCUT2D eigenvalue weighted by Crippen LogP contribution is 2.43. The number of hydrogen-bond donors (Lipinski definition) is 3. The molecule has 0 fully saturated rings. The van der Waals surface area contributed by atoms with Crippen LogP contribution in [-0.4, -0.2) is 59.9 Å². The number of phosphoric ester groups is 1. The number of ether oxygens (including phenoxy) is 2. The van der Waals surface area contributed by atoms with Crippen molar-refractivity contribution in [3.63, 3.8) is 0 Å². The normalized spacial score (nSPS) is 13.6. The second kappa shape index (κ2) is 30.1. The maximum Gasteiger partial charge on any atom is 0.472 e. The first-order chi connectivity index (χ1) is 28.3. The highest BCUT2D eigenvalue weighted by atomic mass is 31.2. The van der Waals surface area contributed by atoms with Crippen molar-refractivity contribution >= 4 is 25.7 Å². The van der Waals surface area contributed by atoms with Gasteiger partial charge in [0, 0.05) is 38.5 Å². The molecular formula is C45H76NO12P. The zero-order chi connectivity index (χ0) is 43.5. The fraction of sp³-hybridized carbons (Fsp3) is 0.756. The smallest absolute Gasteiger partial charge is 0.472 e. The molecule has 0 radical (unpaired) electrons. The molecule has 3 unspecified atom stereocenters. The van der Waals surface area contributed by atoms with Gasteiger partial charge in [0.25, 0.3) is 0 Å². The SMILES string of the molecule is CCCCCc1cc(C)c(CCCCCCCCCCC(=O)OCC(COP(=O)(O)OCC(N)C(=O)O)OC(=O)CCCCCCCCc2oc(CCC)c(C)c2C)o1. The van der Waals surface area contributed by atoms with Crippen LogP contribution in [0.3, 0.4) is 0 Å². The minimum absolute atomic E-state index is 0.125. The predicted molar refractivity (Wildman–Crippen MR) is 228 cm³/mol. The lowest BCUT2D eigenvalue weighted by Gasteiger charge is -2.20. The van der Waals surface area contributed by atoms with E-state index in [1.54, 1.807) is 0 Å². The number of esters is 2. The van der Waals surface area contributed by atoms with Crippen molar-refractivity contribution in [2.24, 2.45) is 5.73 Å². The maximum absolute atomic E-state index is 12.7. The van der Waals surface area contributed by atoms with Gasteiger partial charge in [0.1, 0.15) is 35.7 Å². The van der Waals surface area contributed by atoms with Gasteiger partial charge in [-0.1, -0.05) is 90.9 Å². The number of carboxylic acids is 1. The molecule has 0 aliphatic carbocycles. The topological polar surface area (TPSA) is 198 Å². The monoisotopic (exact) mass is 854 g/mol. The molecule has 2 rings (SSSR count). The number of aryl methyl sites for hydroxylation is 5. The Balaban J connectivity index is 1.66. The van der Waals surface area contributed by atoms with Crippen molar-refractivity contribution in [2.45, 2.75) is 201 Å². The maximum atomic E-state index is 12.7. The van der Waals surface area contributed by atoms with Crippen LogP contribution in [0.25, 0.3) is 0 Å². The number of carbonyl (C=O) groups is 3. The van der Waals surface area contributed by atoms with E-state index >= 15 is 0 Å². The highest BCUT2D eigenvalue weighted by Gasteiger charge is 2.28. The number of furan rings is 2. The average molecular weight is 854 g/mol. The molecule has 338 valence electrons. The van der Waals surface area contributed by atoms with Crippen LogP contribution in [0.15, 0.2) is 14.9 Å². The van der Waals surface area contributed by atoms with E-state index in [2.05, 4.69) is 45.2 Å². The summed E-state index contributed by atoms with van der Waals surface area (Å²) in [5.41, 5.74) is 9.13. The lowest BCUT2D eigenvalue weighted by Crippen LogP contribution is -2.34. The lowest BCUT2D eigenvalue weighted by atomic mass is 10.0. The van der Waals surface area contributed by atoms with Gasteiger partial charge in [-0.05, 0) is 82.1 Å². The Morgan fingerprint density at radius 2 is 1.15 bits per heavy atom. The Morgan fingerprint density at radius 3 is 1.73 bits per heavy atom. The van der Waals surface area contributed by atoms with Crippen molar-refractivity contribution in [3.05, 3.63) is 45.8 Å². The Bertz CT molecular complexity index is 1530. The third-order valence-electron chi connectivity index (χ3n) is 10.7. The second-order valence-electron chi connectivity index (χ2n) is 16.0. The van der Waals surface area contributed by atoms with E-state index in [0.717, 1.165) is 132 Å². The molecule has 3 atom stereocenters. The number of carboxylic acid groups (broad SMARTS) is 1. The van der Waals surface area contributed by atoms with E-state index in [1.165, 1.54) is 36.0 Å². The number of aliphatic carboxylic acids is 1. The number of unbranched alkanes of at least 4 members (excludes halogenated alkanes) is 14. The molecule has 0 spiro atoms. The van der Waals surface area contributed by atoms with Crippen LogP contribution < -0.4 is 5.73 Å². The summed E-state index contributed by atoms with van der Waals surface area (Å²) in [6.07, 6.45) is 21.5. The molecule has 2 aromatic rings. The number of phosphoric acid groups is 1. The van der Waals surface area contributed by atoms with Crippen LogP contribution in [0.5, 0.6) is 0 Å². The van der Waals surface area contributed by atoms with Crippen LogP contribution in [0.1, 0.15) is 182 Å². The number of rotatable bonds is 36. The van der Waals surface area contributed by atoms with Crippen LogP contribution in [0.2, 0.25) is 0 Å². The largest absolute Gasteiger partial charge is 0.480 e. The molecule has 0 aliphatic heterocycles. The van der Waals surface area contributed by atoms with Crippen LogP contribution in [-0.2, 0) is 63.2 Å². The van der Waals surface area contributed by atoms with Crippen LogP contribution in [0.4, 0.5) is 0 Å². The van der Waals surface area contributed by atoms with Gasteiger partial charge in [-0.3, -0.25) is 23.4 Å². The zero-order valence-electron chi connectivity index (χ0n) is 36.8. The van der Waals surface area contributed by atoms with Gasteiger partial charge in [-0.15, -0.1) is 0 Å². The van der Waals surface area contributed by atoms with Gasteiger partial charge in [-0.25, -0.2) is 4.57 Å². The molecule has 0 aliphatic rings. The quantitative estimate of drug-likeness (QED) is 0.0333. The summed E-state index contributed by atoms with van der Waals surface area (Å²) < 4.78 is 45.0. The fourth-order valence-corrected chi connectivity index (χ4v) is 7.67. The molecule has 59 heavy (non-hydrogen) atoms. The minimum Gasteiger partial charge on any atom is -0.480 e. The molecule has 0 amide bonds. The number of nitrogens with two attached hydrogens (primary N) is 1. The Morgan fingerprint density at radius 1 is 0.644 bits per heavy atom. The number of carbonyl (C=O) groups excluding carboxylic acids is 2. The summed E-state index contributed by atoms with van der Waals surface area (Å²) in [5, 5.41) is 8.91. The van der Waals surface area contributed by atoms with E-state index in [9.17, 15) is 23.8 Å². The van der Waals surface area contributed by atoms with Crippen molar-refractivity contribution < 1.29 is 56.3 Å². The number of hydrogen-bond acceptors (Lipinski definition) is 11. The zero-order valence-corrected chi connectivity index (χ0v) is 37.7. The van der Waals surface area contributed by atoms with Crippen molar-refractivity contribution in [1.82, 2.24) is 0 Å². The summed E-state index contributed by atoms with van der Waals surface area (Å²) in [6.45, 7) is 9.01. The van der Waals surface area contributed by atoms with E-state index in [0.29, 0.717) is 12.8 Å². The first kappa shape index (κ1) is 52.2. The third-order valence-corrected chi connectivity index (χ3v) is 11.6. The fourth-order valence-electron chi connectivity index (χ4n) is 6.89. The first-order valence-corrected chi connectivity index (χ1v) is 23.9. The highest BCUT2D eigenvalue weighted by molar-refractivity contribution is 7.47. The molecule has 0 saturated heterocycles. The summed E-state index contributed by atoms with van der Waals surface area (Å²) in [7, 11) is -4.74. The molecular weight excluding hydrogens is 777 g/mol. The molecule has 14 heteroatoms. The molecule has 2 aromatic heterocycles. The van der Waals surface area contributed by atoms with Crippen LogP contribution >= 0.6 is 7.82 Å². The molecule has 2 heterocycles. The molecule has 13 nitrogen and oxygen atoms in total. The van der Waals surface area contributed by atoms with Gasteiger partial charge in [0.15, 0.2) is 6.10 Å². The standard InChI is InChI=1S/C45H76NO12P/c1-6-8-19-25-37-30-34(3)40(56-37)26-20-15-11-9-10-12-17-22-28-43(47)53-31-38(32-54-59(51,52)55-33-39(46)45(49)50)57-44(48)29-23-18-14-13-16-21-27-42-36(5)35(4)41(58-42)24-7-2/h30,38-39H,6-29,31-33,46H2,1-5H3,(H,49,50)(H,51,52). The Kier molecular flexibility index (Phi) is 26.6. The van der Waals surface area contributed by atoms with Gasteiger partial charge in [-0.2, -0.15) is 0 Å². The molecule has 4 N–H and O–H groups in total. The summed E-state index contributed by atoms with van der Waals surface area (Å²) >= 11 is 0. The molecule has 0 bridgehead atoms. The van der Waals surface area contributed by atoms with Crippen molar-refractivity contribution in [2.75, 3.05) is 19.8 Å². The first-order valence-electron chi connectivity index (χ1n) is 22.4. The van der Waals surface area contributed by atoms with E-state index in [1.807, 2.05) is 0 Å². The predicted octanol–water partition coefficient (Wildman–Crippen LogP) is 10.5. The van der Waals surface area contributed by atoms with Gasteiger partial charge in [0.2, 0.25) is 0 Å². The Labute approximate surface area is 353 Å². The minimum atomic E-state index is -4.74. The Hall–Kier alpha value is -2.96. The van der Waals surface area contributed by atoms with Crippen molar-refractivity contribution in [1.29, 1.82) is 0 Å². The molecule has 0 saturated carbocycles. The van der Waals surface area contributed by atoms with Gasteiger partial charge in [0.05, 0.1) is 13.2 Å². The second-order valence-corrected chi connectivity index (χ2v) is 17.4. The molecule has 0 aromatic carbocycles. The van der Waals surface area contributed by atoms with Gasteiger partial charge >= 0.3 is 25.7 Å². The third kappa shape index (κ3) is 23.0. The summed E-state index contributed by atoms with van der Waals surface area (Å²) in [6, 6.07) is 0.659. The van der Waals surface area contributed by atoms with E-state index in [-0.39, 0.29) is 19.4 Å². The van der Waals surface area contributed by atoms with Gasteiger partial charge < -0.3 is 34.0 Å². The van der Waals surface area contributed by atoms with Crippen molar-refractivity contribution in [3.8, 4) is 0 Å².